The zero-order chi connectivity index (χ0) is 14.5. The summed E-state index contributed by atoms with van der Waals surface area (Å²) in [6.45, 7) is 1.69. The van der Waals surface area contributed by atoms with Gasteiger partial charge in [0.1, 0.15) is 10.8 Å². The fraction of sp³-hybridized carbons (Fsp3) is 0.182. The van der Waals surface area contributed by atoms with E-state index in [-0.39, 0.29) is 10.7 Å². The van der Waals surface area contributed by atoms with Crippen LogP contribution in [0.4, 0.5) is 13.2 Å². The predicted octanol–water partition coefficient (Wildman–Crippen LogP) is 2.89. The maximum absolute atomic E-state index is 12.7. The van der Waals surface area contributed by atoms with Gasteiger partial charge in [0.2, 0.25) is 4.96 Å². The number of rotatable bonds is 1. The summed E-state index contributed by atoms with van der Waals surface area (Å²) in [6, 6.07) is 4.70. The normalized spacial score (nSPS) is 12.2. The van der Waals surface area contributed by atoms with Crippen LogP contribution in [0.25, 0.3) is 15.5 Å². The molecule has 0 aliphatic carbocycles. The minimum Gasteiger partial charge on any atom is -0.508 e. The molecule has 20 heavy (non-hydrogen) atoms. The lowest BCUT2D eigenvalue weighted by molar-refractivity contribution is -0.146. The molecule has 1 N–H and O–H groups in total. The molecule has 0 atom stereocenters. The van der Waals surface area contributed by atoms with Crippen molar-refractivity contribution < 1.29 is 18.3 Å². The molecule has 0 fully saturated rings. The molecule has 9 heteroatoms. The van der Waals surface area contributed by atoms with Crippen LogP contribution in [0.5, 0.6) is 5.75 Å². The largest absolute Gasteiger partial charge is 0.508 e. The van der Waals surface area contributed by atoms with Gasteiger partial charge >= 0.3 is 6.18 Å². The van der Waals surface area contributed by atoms with Crippen molar-refractivity contribution in [2.24, 2.45) is 0 Å². The summed E-state index contributed by atoms with van der Waals surface area (Å²) >= 11 is 0.998. The Hall–Kier alpha value is -2.16. The fourth-order valence-corrected chi connectivity index (χ4v) is 2.53. The Kier molecular flexibility index (Phi) is 2.68. The van der Waals surface area contributed by atoms with E-state index in [0.29, 0.717) is 20.6 Å². The Morgan fingerprint density at radius 2 is 2.00 bits per heavy atom. The lowest BCUT2D eigenvalue weighted by Gasteiger charge is -2.01. The van der Waals surface area contributed by atoms with Gasteiger partial charge in [-0.1, -0.05) is 11.3 Å². The third kappa shape index (κ3) is 1.99. The average molecular weight is 300 g/mol. The first kappa shape index (κ1) is 12.9. The van der Waals surface area contributed by atoms with Crippen molar-refractivity contribution in [1.29, 1.82) is 0 Å². The highest BCUT2D eigenvalue weighted by Gasteiger charge is 2.38. The topological polar surface area (TPSA) is 63.3 Å². The summed E-state index contributed by atoms with van der Waals surface area (Å²) in [4.78, 5) is 0.0676. The molecule has 0 bridgehead atoms. The Bertz CT molecular complexity index is 793. The molecule has 5 nitrogen and oxygen atoms in total. The lowest BCUT2D eigenvalue weighted by atomic mass is 10.1. The molecule has 2 aromatic heterocycles. The second-order valence-corrected chi connectivity index (χ2v) is 5.08. The van der Waals surface area contributed by atoms with Gasteiger partial charge in [-0.15, -0.1) is 10.2 Å². The van der Waals surface area contributed by atoms with Crippen LogP contribution in [0.15, 0.2) is 18.2 Å². The molecule has 0 radical (unpaired) electrons. The number of hydrogen-bond donors (Lipinski definition) is 1. The Labute approximate surface area is 114 Å². The van der Waals surface area contributed by atoms with Gasteiger partial charge in [-0.05, 0) is 30.7 Å². The van der Waals surface area contributed by atoms with Crippen LogP contribution >= 0.6 is 11.3 Å². The maximum Gasteiger partial charge on any atom is 0.453 e. The van der Waals surface area contributed by atoms with Gasteiger partial charge in [-0.25, -0.2) is 0 Å². The number of nitrogens with zero attached hydrogens (tertiary/aromatic N) is 4. The first-order valence-corrected chi connectivity index (χ1v) is 6.27. The van der Waals surface area contributed by atoms with Crippen LogP contribution in [0.2, 0.25) is 0 Å². The number of aromatic hydroxyl groups is 1. The Balaban J connectivity index is 2.14. The van der Waals surface area contributed by atoms with Crippen molar-refractivity contribution in [1.82, 2.24) is 19.8 Å². The van der Waals surface area contributed by atoms with Crippen LogP contribution in [0.3, 0.4) is 0 Å². The molecule has 0 aliphatic rings. The molecule has 3 aromatic rings. The molecular weight excluding hydrogens is 293 g/mol. The van der Waals surface area contributed by atoms with Gasteiger partial charge in [-0.3, -0.25) is 0 Å². The third-order valence-corrected chi connectivity index (χ3v) is 3.64. The van der Waals surface area contributed by atoms with Crippen LogP contribution in [0, 0.1) is 6.92 Å². The van der Waals surface area contributed by atoms with E-state index in [9.17, 15) is 18.3 Å². The highest BCUT2D eigenvalue weighted by molar-refractivity contribution is 7.19. The van der Waals surface area contributed by atoms with E-state index in [1.807, 2.05) is 0 Å². The summed E-state index contributed by atoms with van der Waals surface area (Å²) in [6.07, 6.45) is -4.60. The molecule has 0 aliphatic heterocycles. The number of benzene rings is 1. The highest BCUT2D eigenvalue weighted by atomic mass is 32.1. The predicted molar refractivity (Wildman–Crippen MR) is 65.5 cm³/mol. The highest BCUT2D eigenvalue weighted by Crippen LogP contribution is 2.32. The Morgan fingerprint density at radius 1 is 1.25 bits per heavy atom. The monoisotopic (exact) mass is 300 g/mol. The van der Waals surface area contributed by atoms with Gasteiger partial charge < -0.3 is 5.11 Å². The minimum atomic E-state index is -4.60. The van der Waals surface area contributed by atoms with Gasteiger partial charge in [0, 0.05) is 5.56 Å². The zero-order valence-electron chi connectivity index (χ0n) is 10.0. The summed E-state index contributed by atoms with van der Waals surface area (Å²) in [7, 11) is 0. The van der Waals surface area contributed by atoms with Crippen molar-refractivity contribution in [2.45, 2.75) is 13.1 Å². The molecule has 0 saturated heterocycles. The molecule has 1 aromatic carbocycles. The number of alkyl halides is 3. The van der Waals surface area contributed by atoms with Crippen LogP contribution in [0.1, 0.15) is 11.4 Å². The van der Waals surface area contributed by atoms with Crippen molar-refractivity contribution in [3.8, 4) is 16.3 Å². The molecule has 104 valence electrons. The molecule has 2 heterocycles. The summed E-state index contributed by atoms with van der Waals surface area (Å²) in [5.41, 5.74) is 1.23. The van der Waals surface area contributed by atoms with Gasteiger partial charge in [0.15, 0.2) is 0 Å². The number of hydrogen-bond acceptors (Lipinski definition) is 5. The van der Waals surface area contributed by atoms with Gasteiger partial charge in [0.25, 0.3) is 5.82 Å². The average Bonchev–Trinajstić information content (AvgIpc) is 2.90. The van der Waals surface area contributed by atoms with Crippen LogP contribution in [-0.2, 0) is 6.18 Å². The van der Waals surface area contributed by atoms with Gasteiger partial charge in [-0.2, -0.15) is 22.8 Å². The van der Waals surface area contributed by atoms with E-state index < -0.39 is 12.0 Å². The molecule has 0 saturated carbocycles. The number of aryl methyl sites for hydroxylation is 1. The maximum atomic E-state index is 12.7. The van der Waals surface area contributed by atoms with E-state index in [1.165, 1.54) is 6.07 Å². The van der Waals surface area contributed by atoms with E-state index in [1.54, 1.807) is 19.1 Å². The summed E-state index contributed by atoms with van der Waals surface area (Å²) in [5.74, 6) is -1.03. The number of phenolic OH excluding ortho intramolecular Hbond substituents is 1. The fourth-order valence-electron chi connectivity index (χ4n) is 1.70. The minimum absolute atomic E-state index is 0.0676. The Morgan fingerprint density at radius 3 is 2.65 bits per heavy atom. The summed E-state index contributed by atoms with van der Waals surface area (Å²) in [5, 5.41) is 20.3. The first-order chi connectivity index (χ1) is 9.36. The molecule has 0 spiro atoms. The molecule has 0 unspecified atom stereocenters. The molecule has 3 rings (SSSR count). The quantitative estimate of drug-likeness (QED) is 0.750. The van der Waals surface area contributed by atoms with Crippen molar-refractivity contribution >= 4 is 16.3 Å². The van der Waals surface area contributed by atoms with Gasteiger partial charge in [0.05, 0.1) is 0 Å². The number of halogens is 3. The van der Waals surface area contributed by atoms with E-state index >= 15 is 0 Å². The van der Waals surface area contributed by atoms with E-state index in [0.717, 1.165) is 11.3 Å². The SMILES string of the molecule is Cc1cc(-c2nn3c(C(F)(F)F)nnc3s2)ccc1O. The van der Waals surface area contributed by atoms with E-state index in [2.05, 4.69) is 15.3 Å². The number of fused-ring (bicyclic) bond motifs is 1. The number of aromatic nitrogens is 4. The van der Waals surface area contributed by atoms with Crippen molar-refractivity contribution in [3.63, 3.8) is 0 Å². The smallest absolute Gasteiger partial charge is 0.453 e. The summed E-state index contributed by atoms with van der Waals surface area (Å²) < 4.78 is 38.7. The molecule has 0 amide bonds. The van der Waals surface area contributed by atoms with Crippen LogP contribution in [-0.4, -0.2) is 24.9 Å². The second kappa shape index (κ2) is 4.17. The zero-order valence-corrected chi connectivity index (χ0v) is 10.8. The number of phenols is 1. The lowest BCUT2D eigenvalue weighted by Crippen LogP contribution is -2.11. The molecular formula is C11H7F3N4OS. The standard InChI is InChI=1S/C11H7F3N4OS/c1-5-4-6(2-3-7(5)19)8-17-18-9(11(12,13)14)15-16-10(18)20-8/h2-4,19H,1H3. The van der Waals surface area contributed by atoms with E-state index in [4.69, 9.17) is 0 Å². The first-order valence-electron chi connectivity index (χ1n) is 5.45. The van der Waals surface area contributed by atoms with Crippen molar-refractivity contribution in [3.05, 3.63) is 29.6 Å². The van der Waals surface area contributed by atoms with Crippen LogP contribution < -0.4 is 0 Å². The van der Waals surface area contributed by atoms with Crippen molar-refractivity contribution in [2.75, 3.05) is 0 Å². The third-order valence-electron chi connectivity index (χ3n) is 2.69. The second-order valence-electron chi connectivity index (χ2n) is 4.12.